The number of hydrogen-bond donors (Lipinski definition) is 1. The van der Waals surface area contributed by atoms with E-state index >= 15 is 0 Å². The van der Waals surface area contributed by atoms with E-state index in [9.17, 15) is 0 Å². The zero-order chi connectivity index (χ0) is 18.4. The topological polar surface area (TPSA) is 32.5 Å². The molecule has 2 fully saturated rings. The van der Waals surface area contributed by atoms with Crippen LogP contribution in [-0.4, -0.2) is 43.0 Å². The monoisotopic (exact) mass is 353 g/mol. The molecule has 0 spiro atoms. The fraction of sp³-hybridized carbons (Fsp3) is 0.652. The Kier molecular flexibility index (Phi) is 4.65. The molecule has 1 aromatic carbocycles. The fourth-order valence-electron chi connectivity index (χ4n) is 4.98. The van der Waals surface area contributed by atoms with E-state index in [1.165, 1.54) is 68.6 Å². The Morgan fingerprint density at radius 1 is 1.00 bits per heavy atom. The molecule has 0 atom stereocenters. The van der Waals surface area contributed by atoms with Crippen LogP contribution in [0.5, 0.6) is 0 Å². The quantitative estimate of drug-likeness (QED) is 0.813. The Morgan fingerprint density at radius 3 is 2.31 bits per heavy atom. The van der Waals surface area contributed by atoms with Gasteiger partial charge in [-0.15, -0.1) is 0 Å². The van der Waals surface area contributed by atoms with Gasteiger partial charge < -0.3 is 10.6 Å². The van der Waals surface area contributed by atoms with E-state index in [0.29, 0.717) is 5.41 Å². The Bertz CT molecular complexity index is 691. The van der Waals surface area contributed by atoms with E-state index in [0.717, 1.165) is 18.5 Å². The van der Waals surface area contributed by atoms with Gasteiger partial charge >= 0.3 is 0 Å². The molecule has 0 unspecified atom stereocenters. The molecule has 26 heavy (non-hydrogen) atoms. The van der Waals surface area contributed by atoms with Crippen LogP contribution in [-0.2, 0) is 5.54 Å². The number of allylic oxidation sites excluding steroid dienone is 2. The molecule has 2 N–H and O–H groups in total. The zero-order valence-corrected chi connectivity index (χ0v) is 16.9. The normalized spacial score (nSPS) is 26.2. The molecule has 4 rings (SSSR count). The van der Waals surface area contributed by atoms with E-state index in [4.69, 9.17) is 5.73 Å². The number of nitrogen functional groups attached to an aromatic ring is 1. The minimum Gasteiger partial charge on any atom is -0.398 e. The van der Waals surface area contributed by atoms with E-state index in [1.54, 1.807) is 0 Å². The van der Waals surface area contributed by atoms with Crippen LogP contribution in [0.25, 0.3) is 5.57 Å². The first-order valence-electron chi connectivity index (χ1n) is 10.4. The predicted octanol–water partition coefficient (Wildman–Crippen LogP) is 4.49. The van der Waals surface area contributed by atoms with Gasteiger partial charge in [0.2, 0.25) is 0 Å². The van der Waals surface area contributed by atoms with Gasteiger partial charge in [0.05, 0.1) is 0 Å². The van der Waals surface area contributed by atoms with Gasteiger partial charge in [0.1, 0.15) is 0 Å². The van der Waals surface area contributed by atoms with Crippen molar-refractivity contribution in [3.8, 4) is 0 Å². The summed E-state index contributed by atoms with van der Waals surface area (Å²) in [5, 5.41) is 0. The zero-order valence-electron chi connectivity index (χ0n) is 16.9. The second-order valence-electron chi connectivity index (χ2n) is 9.58. The first-order chi connectivity index (χ1) is 12.4. The van der Waals surface area contributed by atoms with Gasteiger partial charge in [0.25, 0.3) is 0 Å². The molecule has 0 bridgehead atoms. The molecule has 0 radical (unpaired) electrons. The molecule has 0 aromatic heterocycles. The Labute approximate surface area is 159 Å². The molecule has 3 heteroatoms. The second-order valence-corrected chi connectivity index (χ2v) is 9.58. The first kappa shape index (κ1) is 18.1. The number of anilines is 1. The van der Waals surface area contributed by atoms with Crippen molar-refractivity contribution in [1.29, 1.82) is 0 Å². The third kappa shape index (κ3) is 3.20. The third-order valence-corrected chi connectivity index (χ3v) is 7.20. The molecule has 1 heterocycles. The van der Waals surface area contributed by atoms with Crippen molar-refractivity contribution in [3.05, 3.63) is 35.4 Å². The van der Waals surface area contributed by atoms with Crippen LogP contribution in [0.4, 0.5) is 5.69 Å². The van der Waals surface area contributed by atoms with Gasteiger partial charge in [0.15, 0.2) is 0 Å². The van der Waals surface area contributed by atoms with Gasteiger partial charge in [-0.2, -0.15) is 0 Å². The third-order valence-electron chi connectivity index (χ3n) is 7.20. The van der Waals surface area contributed by atoms with Crippen LogP contribution in [0.1, 0.15) is 63.5 Å². The largest absolute Gasteiger partial charge is 0.398 e. The summed E-state index contributed by atoms with van der Waals surface area (Å²) < 4.78 is 0. The van der Waals surface area contributed by atoms with Crippen molar-refractivity contribution in [2.75, 3.05) is 39.0 Å². The average Bonchev–Trinajstić information content (AvgIpc) is 2.57. The maximum Gasteiger partial charge on any atom is 0.0462 e. The Morgan fingerprint density at radius 2 is 1.73 bits per heavy atom. The van der Waals surface area contributed by atoms with Crippen LogP contribution in [0.3, 0.4) is 0 Å². The Hall–Kier alpha value is -1.32. The van der Waals surface area contributed by atoms with Gasteiger partial charge in [0, 0.05) is 43.0 Å². The molecular formula is C23H35N3. The molecule has 1 aromatic rings. The van der Waals surface area contributed by atoms with Crippen LogP contribution < -0.4 is 5.73 Å². The molecule has 2 aliphatic carbocycles. The number of nitrogens with two attached hydrogens (primary N) is 1. The molecular weight excluding hydrogens is 318 g/mol. The number of benzene rings is 1. The Balaban J connectivity index is 1.64. The summed E-state index contributed by atoms with van der Waals surface area (Å²) in [6.07, 6.45) is 9.97. The summed E-state index contributed by atoms with van der Waals surface area (Å²) in [5.41, 5.74) is 12.4. The highest BCUT2D eigenvalue weighted by atomic mass is 15.3. The molecule has 142 valence electrons. The summed E-state index contributed by atoms with van der Waals surface area (Å²) in [6.45, 7) is 9.49. The number of likely N-dealkylation sites (N-methyl/N-ethyl adjacent to an activating group) is 1. The van der Waals surface area contributed by atoms with Crippen LogP contribution in [0, 0.1) is 5.41 Å². The lowest BCUT2D eigenvalue weighted by molar-refractivity contribution is -0.0180. The maximum atomic E-state index is 6.43. The van der Waals surface area contributed by atoms with Gasteiger partial charge in [-0.1, -0.05) is 26.0 Å². The number of piperazine rings is 1. The SMILES string of the molecule is CN1CCN(C2(c3ccc(N)c(C4=CCC(C)(C)CC4)c3)CCC2)CC1. The van der Waals surface area contributed by atoms with Crippen LogP contribution >= 0.6 is 0 Å². The highest BCUT2D eigenvalue weighted by molar-refractivity contribution is 5.76. The van der Waals surface area contributed by atoms with Crippen molar-refractivity contribution < 1.29 is 0 Å². The van der Waals surface area contributed by atoms with E-state index in [-0.39, 0.29) is 5.54 Å². The highest BCUT2D eigenvalue weighted by Gasteiger charge is 2.44. The van der Waals surface area contributed by atoms with Gasteiger partial charge in [-0.05, 0) is 74.3 Å². The van der Waals surface area contributed by atoms with Crippen molar-refractivity contribution in [1.82, 2.24) is 9.80 Å². The number of nitrogens with zero attached hydrogens (tertiary/aromatic N) is 2. The first-order valence-corrected chi connectivity index (χ1v) is 10.4. The summed E-state index contributed by atoms with van der Waals surface area (Å²) in [6, 6.07) is 6.92. The van der Waals surface area contributed by atoms with E-state index in [1.807, 2.05) is 0 Å². The fourth-order valence-corrected chi connectivity index (χ4v) is 4.98. The van der Waals surface area contributed by atoms with Gasteiger partial charge in [-0.25, -0.2) is 0 Å². The summed E-state index contributed by atoms with van der Waals surface area (Å²) >= 11 is 0. The summed E-state index contributed by atoms with van der Waals surface area (Å²) in [7, 11) is 2.24. The second kappa shape index (κ2) is 6.69. The highest BCUT2D eigenvalue weighted by Crippen LogP contribution is 2.48. The molecule has 1 saturated carbocycles. The van der Waals surface area contributed by atoms with Crippen molar-refractivity contribution in [2.24, 2.45) is 5.41 Å². The standard InChI is InChI=1S/C23H35N3/c1-22(2)11-7-18(8-12-22)20-17-19(5-6-21(20)24)23(9-4-10-23)26-15-13-25(3)14-16-26/h5-7,17H,4,8-16,24H2,1-3H3. The van der Waals surface area contributed by atoms with Crippen molar-refractivity contribution >= 4 is 11.3 Å². The maximum absolute atomic E-state index is 6.43. The number of rotatable bonds is 3. The lowest BCUT2D eigenvalue weighted by atomic mass is 9.69. The van der Waals surface area contributed by atoms with Crippen molar-refractivity contribution in [2.45, 2.75) is 57.9 Å². The van der Waals surface area contributed by atoms with Crippen LogP contribution in [0.2, 0.25) is 0 Å². The van der Waals surface area contributed by atoms with Crippen LogP contribution in [0.15, 0.2) is 24.3 Å². The lowest BCUT2D eigenvalue weighted by Gasteiger charge is -2.53. The minimum absolute atomic E-state index is 0.262. The molecule has 0 amide bonds. The van der Waals surface area contributed by atoms with Crippen molar-refractivity contribution in [3.63, 3.8) is 0 Å². The molecule has 3 aliphatic rings. The van der Waals surface area contributed by atoms with E-state index < -0.39 is 0 Å². The average molecular weight is 354 g/mol. The smallest absolute Gasteiger partial charge is 0.0462 e. The molecule has 1 saturated heterocycles. The van der Waals surface area contributed by atoms with Gasteiger partial charge in [-0.3, -0.25) is 4.90 Å². The summed E-state index contributed by atoms with van der Waals surface area (Å²) in [5.74, 6) is 0. The number of hydrogen-bond acceptors (Lipinski definition) is 3. The lowest BCUT2D eigenvalue weighted by Crippen LogP contribution is -2.57. The van der Waals surface area contributed by atoms with E-state index in [2.05, 4.69) is 55.0 Å². The summed E-state index contributed by atoms with van der Waals surface area (Å²) in [4.78, 5) is 5.20. The predicted molar refractivity (Wildman–Crippen MR) is 111 cm³/mol. The molecule has 1 aliphatic heterocycles. The molecule has 3 nitrogen and oxygen atoms in total. The minimum atomic E-state index is 0.262.